The van der Waals surface area contributed by atoms with Crippen LogP contribution >= 0.6 is 11.8 Å². The normalized spacial score (nSPS) is 18.4. The van der Waals surface area contributed by atoms with Crippen molar-refractivity contribution >= 4 is 34.7 Å². The molecule has 1 rings (SSSR count). The Kier molecular flexibility index (Phi) is 8.78. The minimum absolute atomic E-state index is 0.0645. The molecule has 2 N–H and O–H groups in total. The quantitative estimate of drug-likeness (QED) is 0.431. The summed E-state index contributed by atoms with van der Waals surface area (Å²) in [7, 11) is 0. The minimum Gasteiger partial charge on any atom is -0.480 e. The van der Waals surface area contributed by atoms with Gasteiger partial charge in [-0.2, -0.15) is 26.3 Å². The van der Waals surface area contributed by atoms with Crippen molar-refractivity contribution in [3.8, 4) is 0 Å². The predicted octanol–water partition coefficient (Wildman–Crippen LogP) is 1.96. The van der Waals surface area contributed by atoms with E-state index in [-0.39, 0.29) is 37.6 Å². The fraction of sp³-hybridized carbons (Fsp3) is 0.733. The second-order valence-corrected chi connectivity index (χ2v) is 7.21. The molecule has 2 atom stereocenters. The molecule has 29 heavy (non-hydrogen) atoms. The van der Waals surface area contributed by atoms with E-state index in [4.69, 9.17) is 5.11 Å². The Labute approximate surface area is 165 Å². The summed E-state index contributed by atoms with van der Waals surface area (Å²) in [5.74, 6) is -6.13. The molecule has 0 aliphatic carbocycles. The van der Waals surface area contributed by atoms with Crippen molar-refractivity contribution in [3.05, 3.63) is 0 Å². The Hall–Kier alpha value is -1.99. The second-order valence-electron chi connectivity index (χ2n) is 6.22. The van der Waals surface area contributed by atoms with E-state index in [0.29, 0.717) is 6.42 Å². The third-order valence-corrected chi connectivity index (χ3v) is 5.15. The first kappa shape index (κ1) is 25.0. The number of amides is 2. The van der Waals surface area contributed by atoms with Crippen LogP contribution in [0.1, 0.15) is 25.7 Å². The molecule has 1 saturated heterocycles. The third kappa shape index (κ3) is 7.74. The van der Waals surface area contributed by atoms with Gasteiger partial charge in [0.25, 0.3) is 5.12 Å². The lowest BCUT2D eigenvalue weighted by molar-refractivity contribution is -0.173. The summed E-state index contributed by atoms with van der Waals surface area (Å²) < 4.78 is 73.5. The van der Waals surface area contributed by atoms with Crippen LogP contribution in [0.4, 0.5) is 26.3 Å². The number of nitrogens with one attached hydrogen (secondary N) is 1. The molecule has 1 aliphatic heterocycles. The molecule has 0 aromatic rings. The van der Waals surface area contributed by atoms with Crippen LogP contribution in [0.25, 0.3) is 0 Å². The van der Waals surface area contributed by atoms with Gasteiger partial charge in [0, 0.05) is 24.8 Å². The van der Waals surface area contributed by atoms with Gasteiger partial charge >= 0.3 is 24.2 Å². The van der Waals surface area contributed by atoms with Gasteiger partial charge in [-0.15, -0.1) is 0 Å². The molecule has 0 aromatic carbocycles. The van der Waals surface area contributed by atoms with Crippen molar-refractivity contribution < 1.29 is 50.6 Å². The molecule has 1 fully saturated rings. The molecule has 166 valence electrons. The maximum absolute atomic E-state index is 12.6. The number of nitrogens with zero attached hydrogens (tertiary/aromatic N) is 1. The number of alkyl halides is 6. The highest BCUT2D eigenvalue weighted by molar-refractivity contribution is 8.13. The predicted molar refractivity (Wildman–Crippen MR) is 87.7 cm³/mol. The molecule has 7 nitrogen and oxygen atoms in total. The zero-order chi connectivity index (χ0) is 22.4. The van der Waals surface area contributed by atoms with Crippen LogP contribution in [0.15, 0.2) is 0 Å². The van der Waals surface area contributed by atoms with Crippen LogP contribution in [-0.4, -0.2) is 70.1 Å². The van der Waals surface area contributed by atoms with Crippen LogP contribution in [0.3, 0.4) is 0 Å². The smallest absolute Gasteiger partial charge is 0.471 e. The maximum atomic E-state index is 12.6. The summed E-state index contributed by atoms with van der Waals surface area (Å²) in [6.07, 6.45) is -10.1. The number of carboxylic acids is 1. The molecule has 1 unspecified atom stereocenters. The van der Waals surface area contributed by atoms with Crippen LogP contribution in [0.2, 0.25) is 0 Å². The number of carbonyl (C=O) groups is 4. The summed E-state index contributed by atoms with van der Waals surface area (Å²) in [5, 5.41) is 8.56. The van der Waals surface area contributed by atoms with Crippen LogP contribution in [0, 0.1) is 5.92 Å². The van der Waals surface area contributed by atoms with E-state index in [1.807, 2.05) is 0 Å². The van der Waals surface area contributed by atoms with Gasteiger partial charge in [-0.25, -0.2) is 4.79 Å². The average Bonchev–Trinajstić information content (AvgIpc) is 3.08. The largest absolute Gasteiger partial charge is 0.480 e. The highest BCUT2D eigenvalue weighted by Gasteiger charge is 2.41. The number of hydrogen-bond donors (Lipinski definition) is 2. The number of hydrogen-bond acceptors (Lipinski definition) is 5. The minimum atomic E-state index is -5.13. The fourth-order valence-corrected chi connectivity index (χ4v) is 3.53. The molecule has 0 saturated carbocycles. The van der Waals surface area contributed by atoms with Crippen LogP contribution < -0.4 is 5.32 Å². The molecular weight excluding hydrogens is 434 g/mol. The van der Waals surface area contributed by atoms with Crippen molar-refractivity contribution in [2.75, 3.05) is 18.8 Å². The maximum Gasteiger partial charge on any atom is 0.471 e. The van der Waals surface area contributed by atoms with Gasteiger partial charge in [0.1, 0.15) is 6.04 Å². The number of likely N-dealkylation sites (tertiary alicyclic amines) is 1. The topological polar surface area (TPSA) is 104 Å². The fourth-order valence-electron chi connectivity index (χ4n) is 2.71. The molecule has 0 radical (unpaired) electrons. The third-order valence-electron chi connectivity index (χ3n) is 4.09. The van der Waals surface area contributed by atoms with Gasteiger partial charge in [-0.05, 0) is 25.7 Å². The van der Waals surface area contributed by atoms with Gasteiger partial charge < -0.3 is 15.3 Å². The Morgan fingerprint density at radius 1 is 1.10 bits per heavy atom. The number of halogens is 6. The number of carbonyl (C=O) groups excluding carboxylic acids is 3. The SMILES string of the molecule is O=C(O)[C@@H]1CCCN1C(=O)C(CCCNC(=O)C(F)(F)F)CSC(=O)C(F)(F)F. The number of thioether (sulfide) groups is 1. The van der Waals surface area contributed by atoms with Crippen LogP contribution in [0.5, 0.6) is 0 Å². The average molecular weight is 452 g/mol. The van der Waals surface area contributed by atoms with Gasteiger partial charge in [-0.1, -0.05) is 11.8 Å². The van der Waals surface area contributed by atoms with Crippen LogP contribution in [-0.2, 0) is 19.2 Å². The highest BCUT2D eigenvalue weighted by atomic mass is 32.2. The van der Waals surface area contributed by atoms with Crippen molar-refractivity contribution in [1.29, 1.82) is 0 Å². The summed E-state index contributed by atoms with van der Waals surface area (Å²) in [6, 6.07) is -1.15. The van der Waals surface area contributed by atoms with E-state index in [1.165, 1.54) is 0 Å². The lowest BCUT2D eigenvalue weighted by Crippen LogP contribution is -2.44. The molecule has 1 heterocycles. The van der Waals surface area contributed by atoms with Crippen molar-refractivity contribution in [1.82, 2.24) is 10.2 Å². The van der Waals surface area contributed by atoms with Gasteiger partial charge in [0.15, 0.2) is 0 Å². The summed E-state index contributed by atoms with van der Waals surface area (Å²) in [6.45, 7) is -0.433. The highest BCUT2D eigenvalue weighted by Crippen LogP contribution is 2.28. The van der Waals surface area contributed by atoms with E-state index in [0.717, 1.165) is 4.90 Å². The standard InChI is InChI=1S/C15H18F6N2O5S/c16-14(17,18)12(27)22-5-1-3-8(7-29-13(28)15(19,20)21)10(24)23-6-2-4-9(23)11(25)26/h8-9H,1-7H2,(H,22,27)(H,25,26)/t8?,9-/m0/s1. The van der Waals surface area contributed by atoms with E-state index < -0.39 is 59.5 Å². The van der Waals surface area contributed by atoms with E-state index in [9.17, 15) is 45.5 Å². The van der Waals surface area contributed by atoms with Crippen molar-refractivity contribution in [2.45, 2.75) is 44.1 Å². The molecule has 0 aromatic heterocycles. The summed E-state index contributed by atoms with van der Waals surface area (Å²) in [4.78, 5) is 46.6. The van der Waals surface area contributed by atoms with Gasteiger partial charge in [-0.3, -0.25) is 14.4 Å². The van der Waals surface area contributed by atoms with Gasteiger partial charge in [0.05, 0.1) is 0 Å². The van der Waals surface area contributed by atoms with E-state index in [2.05, 4.69) is 0 Å². The Morgan fingerprint density at radius 3 is 2.24 bits per heavy atom. The Bertz CT molecular complexity index is 640. The molecule has 0 bridgehead atoms. The molecule has 0 spiro atoms. The lowest BCUT2D eigenvalue weighted by atomic mass is 10.0. The van der Waals surface area contributed by atoms with E-state index in [1.54, 1.807) is 5.32 Å². The number of rotatable bonds is 8. The molecular formula is C15H18F6N2O5S. The monoisotopic (exact) mass is 452 g/mol. The molecule has 1 aliphatic rings. The first-order chi connectivity index (χ1) is 13.2. The second kappa shape index (κ2) is 10.2. The summed E-state index contributed by atoms with van der Waals surface area (Å²) in [5.41, 5.74) is 0. The molecule has 14 heteroatoms. The zero-order valence-corrected chi connectivity index (χ0v) is 15.6. The molecule has 2 amide bonds. The number of aliphatic carboxylic acids is 1. The first-order valence-corrected chi connectivity index (χ1v) is 9.36. The van der Waals surface area contributed by atoms with Crippen molar-refractivity contribution in [2.24, 2.45) is 5.92 Å². The first-order valence-electron chi connectivity index (χ1n) is 8.37. The zero-order valence-electron chi connectivity index (χ0n) is 14.8. The number of carboxylic acid groups (broad SMARTS) is 1. The Morgan fingerprint density at radius 2 is 1.72 bits per heavy atom. The lowest BCUT2D eigenvalue weighted by Gasteiger charge is -2.26. The summed E-state index contributed by atoms with van der Waals surface area (Å²) >= 11 is -0.169. The van der Waals surface area contributed by atoms with Crippen molar-refractivity contribution in [3.63, 3.8) is 0 Å². The van der Waals surface area contributed by atoms with E-state index >= 15 is 0 Å². The van der Waals surface area contributed by atoms with Gasteiger partial charge in [0.2, 0.25) is 5.91 Å². The Balaban J connectivity index is 2.75.